The van der Waals surface area contributed by atoms with Crippen LogP contribution in [-0.4, -0.2) is 29.8 Å². The summed E-state index contributed by atoms with van der Waals surface area (Å²) < 4.78 is 0. The van der Waals surface area contributed by atoms with Crippen LogP contribution in [0.15, 0.2) is 0 Å². The van der Waals surface area contributed by atoms with Gasteiger partial charge in [0.25, 0.3) is 0 Å². The van der Waals surface area contributed by atoms with Crippen LogP contribution >= 0.6 is 0 Å². The third kappa shape index (κ3) is 2.18. The zero-order valence-corrected chi connectivity index (χ0v) is 7.19. The Labute approximate surface area is 76.1 Å². The molecule has 1 atom stereocenters. The second kappa shape index (κ2) is 3.90. The van der Waals surface area contributed by atoms with Crippen LogP contribution in [0.3, 0.4) is 0 Å². The fraction of sp³-hybridized carbons (Fsp3) is 0.625. The molecule has 2 amide bonds. The molecule has 1 heterocycles. The minimum Gasteiger partial charge on any atom is -0.369 e. The van der Waals surface area contributed by atoms with E-state index >= 15 is 0 Å². The number of nitrogens with zero attached hydrogens (tertiary/aromatic N) is 2. The highest BCUT2D eigenvalue weighted by atomic mass is 16.2. The van der Waals surface area contributed by atoms with E-state index in [0.29, 0.717) is 19.5 Å². The van der Waals surface area contributed by atoms with E-state index in [4.69, 9.17) is 11.0 Å². The third-order valence-corrected chi connectivity index (χ3v) is 2.17. The first kappa shape index (κ1) is 9.52. The van der Waals surface area contributed by atoms with E-state index in [1.165, 1.54) is 4.90 Å². The van der Waals surface area contributed by atoms with Crippen LogP contribution in [-0.2, 0) is 9.59 Å². The highest BCUT2D eigenvalue weighted by Gasteiger charge is 2.29. The summed E-state index contributed by atoms with van der Waals surface area (Å²) in [6.45, 7) is 0.907. The Balaban J connectivity index is 2.46. The summed E-state index contributed by atoms with van der Waals surface area (Å²) in [5, 5.41) is 8.28. The summed E-state index contributed by atoms with van der Waals surface area (Å²) in [4.78, 5) is 23.4. The maximum Gasteiger partial charge on any atom is 0.236 e. The molecule has 0 spiro atoms. The smallest absolute Gasteiger partial charge is 0.236 e. The predicted octanol–water partition coefficient (Wildman–Crippen LogP) is -0.766. The molecule has 1 unspecified atom stereocenters. The fourth-order valence-corrected chi connectivity index (χ4v) is 1.40. The lowest BCUT2D eigenvalue weighted by molar-refractivity contribution is -0.129. The molecule has 0 bridgehead atoms. The summed E-state index contributed by atoms with van der Waals surface area (Å²) in [6, 6.07) is 1.78. The van der Waals surface area contributed by atoms with E-state index in [9.17, 15) is 9.59 Å². The molecule has 1 aliphatic heterocycles. The maximum absolute atomic E-state index is 11.2. The van der Waals surface area contributed by atoms with Gasteiger partial charge in [0.1, 0.15) is 6.42 Å². The number of hydrogen-bond acceptors (Lipinski definition) is 3. The summed E-state index contributed by atoms with van der Waals surface area (Å²) in [5.41, 5.74) is 5.09. The van der Waals surface area contributed by atoms with Crippen molar-refractivity contribution in [3.63, 3.8) is 0 Å². The Kier molecular flexibility index (Phi) is 2.85. The number of amides is 2. The monoisotopic (exact) mass is 181 g/mol. The van der Waals surface area contributed by atoms with Gasteiger partial charge in [0.05, 0.1) is 12.0 Å². The molecule has 0 radical (unpaired) electrons. The van der Waals surface area contributed by atoms with Gasteiger partial charge < -0.3 is 10.6 Å². The molecule has 1 aliphatic rings. The van der Waals surface area contributed by atoms with Gasteiger partial charge in [0.15, 0.2) is 0 Å². The molecule has 5 nitrogen and oxygen atoms in total. The normalized spacial score (nSPS) is 21.2. The zero-order valence-electron chi connectivity index (χ0n) is 7.19. The molecule has 2 N–H and O–H groups in total. The molecule has 13 heavy (non-hydrogen) atoms. The molecule has 0 aromatic heterocycles. The molecular weight excluding hydrogens is 170 g/mol. The number of nitriles is 1. The second-order valence-corrected chi connectivity index (χ2v) is 3.06. The topological polar surface area (TPSA) is 87.2 Å². The molecule has 0 aromatic carbocycles. The van der Waals surface area contributed by atoms with Crippen LogP contribution < -0.4 is 5.73 Å². The predicted molar refractivity (Wildman–Crippen MR) is 44.1 cm³/mol. The van der Waals surface area contributed by atoms with Crippen LogP contribution in [0.25, 0.3) is 0 Å². The first-order valence-corrected chi connectivity index (χ1v) is 4.09. The third-order valence-electron chi connectivity index (χ3n) is 2.17. The number of hydrogen-bond donors (Lipinski definition) is 1. The molecule has 1 rings (SSSR count). The number of rotatable bonds is 2. The van der Waals surface area contributed by atoms with Crippen molar-refractivity contribution >= 4 is 11.8 Å². The molecular formula is C8H11N3O2. The van der Waals surface area contributed by atoms with Crippen LogP contribution in [0.2, 0.25) is 0 Å². The largest absolute Gasteiger partial charge is 0.369 e. The molecule has 1 fully saturated rings. The van der Waals surface area contributed by atoms with Crippen LogP contribution in [0.5, 0.6) is 0 Å². The van der Waals surface area contributed by atoms with Crippen molar-refractivity contribution < 1.29 is 9.59 Å². The standard InChI is InChI=1S/C8H11N3O2/c9-3-1-7(12)11-4-2-6(5-11)8(10)13/h6H,1-2,4-5H2,(H2,10,13). The maximum atomic E-state index is 11.2. The van der Waals surface area contributed by atoms with E-state index in [0.717, 1.165) is 0 Å². The molecule has 0 aliphatic carbocycles. The summed E-state index contributed by atoms with van der Waals surface area (Å²) in [5.74, 6) is -0.818. The average Bonchev–Trinajstić information content (AvgIpc) is 2.52. The highest BCUT2D eigenvalue weighted by molar-refractivity contribution is 5.81. The lowest BCUT2D eigenvalue weighted by Crippen LogP contribution is -2.31. The van der Waals surface area contributed by atoms with Crippen LogP contribution in [0.4, 0.5) is 0 Å². The van der Waals surface area contributed by atoms with Gasteiger partial charge in [-0.2, -0.15) is 5.26 Å². The highest BCUT2D eigenvalue weighted by Crippen LogP contribution is 2.15. The Hall–Kier alpha value is -1.57. The van der Waals surface area contributed by atoms with Crippen LogP contribution in [0.1, 0.15) is 12.8 Å². The Morgan fingerprint density at radius 2 is 2.31 bits per heavy atom. The van der Waals surface area contributed by atoms with Crippen molar-refractivity contribution in [1.29, 1.82) is 5.26 Å². The second-order valence-electron chi connectivity index (χ2n) is 3.06. The quantitative estimate of drug-likeness (QED) is 0.607. The van der Waals surface area contributed by atoms with Gasteiger partial charge >= 0.3 is 0 Å². The van der Waals surface area contributed by atoms with Gasteiger partial charge in [-0.25, -0.2) is 0 Å². The minimum absolute atomic E-state index is 0.120. The van der Waals surface area contributed by atoms with Crippen molar-refractivity contribution in [2.75, 3.05) is 13.1 Å². The van der Waals surface area contributed by atoms with Crippen molar-refractivity contribution in [3.05, 3.63) is 0 Å². The van der Waals surface area contributed by atoms with E-state index in [-0.39, 0.29) is 24.2 Å². The minimum atomic E-state index is -0.368. The molecule has 5 heteroatoms. The van der Waals surface area contributed by atoms with Crippen LogP contribution in [0, 0.1) is 17.2 Å². The van der Waals surface area contributed by atoms with E-state index in [1.807, 2.05) is 0 Å². The average molecular weight is 181 g/mol. The lowest BCUT2D eigenvalue weighted by atomic mass is 10.1. The van der Waals surface area contributed by atoms with Crippen molar-refractivity contribution in [1.82, 2.24) is 4.90 Å². The number of likely N-dealkylation sites (tertiary alicyclic amines) is 1. The number of primary amides is 1. The van der Waals surface area contributed by atoms with Gasteiger partial charge in [-0.1, -0.05) is 0 Å². The Morgan fingerprint density at radius 3 is 2.77 bits per heavy atom. The molecule has 0 saturated carbocycles. The van der Waals surface area contributed by atoms with E-state index < -0.39 is 0 Å². The number of carbonyl (C=O) groups is 2. The first-order valence-electron chi connectivity index (χ1n) is 4.09. The number of nitrogens with two attached hydrogens (primary N) is 1. The summed E-state index contributed by atoms with van der Waals surface area (Å²) >= 11 is 0. The first-order chi connectivity index (χ1) is 6.15. The van der Waals surface area contributed by atoms with Crippen molar-refractivity contribution in [3.8, 4) is 6.07 Å². The SMILES string of the molecule is N#CCC(=O)N1CCC(C(N)=O)C1. The summed E-state index contributed by atoms with van der Waals surface area (Å²) in [7, 11) is 0. The van der Waals surface area contributed by atoms with Crippen molar-refractivity contribution in [2.45, 2.75) is 12.8 Å². The number of carbonyl (C=O) groups excluding carboxylic acids is 2. The van der Waals surface area contributed by atoms with Gasteiger partial charge in [0.2, 0.25) is 11.8 Å². The lowest BCUT2D eigenvalue weighted by Gasteiger charge is -2.13. The van der Waals surface area contributed by atoms with E-state index in [1.54, 1.807) is 6.07 Å². The van der Waals surface area contributed by atoms with Gasteiger partial charge in [0, 0.05) is 13.1 Å². The summed E-state index contributed by atoms with van der Waals surface area (Å²) in [6.07, 6.45) is 0.498. The van der Waals surface area contributed by atoms with Gasteiger partial charge in [-0.3, -0.25) is 9.59 Å². The molecule has 1 saturated heterocycles. The zero-order chi connectivity index (χ0) is 9.84. The molecule has 70 valence electrons. The van der Waals surface area contributed by atoms with E-state index in [2.05, 4.69) is 0 Å². The fourth-order valence-electron chi connectivity index (χ4n) is 1.40. The Bertz CT molecular complexity index is 269. The Morgan fingerprint density at radius 1 is 1.62 bits per heavy atom. The van der Waals surface area contributed by atoms with Crippen molar-refractivity contribution in [2.24, 2.45) is 11.7 Å². The molecule has 0 aromatic rings. The van der Waals surface area contributed by atoms with Gasteiger partial charge in [-0.15, -0.1) is 0 Å². The van der Waals surface area contributed by atoms with Gasteiger partial charge in [-0.05, 0) is 6.42 Å².